The van der Waals surface area contributed by atoms with E-state index in [0.29, 0.717) is 24.0 Å². The highest BCUT2D eigenvalue weighted by Gasteiger charge is 2.32. The number of nitrogens with zero attached hydrogens (tertiary/aromatic N) is 3. The van der Waals surface area contributed by atoms with Gasteiger partial charge in [0, 0.05) is 45.3 Å². The lowest BCUT2D eigenvalue weighted by Crippen LogP contribution is -2.49. The van der Waals surface area contributed by atoms with Crippen molar-refractivity contribution in [2.75, 3.05) is 39.3 Å². The number of amides is 1. The summed E-state index contributed by atoms with van der Waals surface area (Å²) in [4.78, 5) is 17.6. The van der Waals surface area contributed by atoms with E-state index in [4.69, 9.17) is 9.26 Å². The van der Waals surface area contributed by atoms with Gasteiger partial charge in [-0.05, 0) is 32.4 Å². The van der Waals surface area contributed by atoms with Gasteiger partial charge in [0.25, 0.3) is 5.91 Å². The second-order valence-corrected chi connectivity index (χ2v) is 7.57. The Labute approximate surface area is 177 Å². The van der Waals surface area contributed by atoms with E-state index in [2.05, 4.69) is 15.4 Å². The monoisotopic (exact) mass is 420 g/mol. The molecule has 1 aromatic heterocycles. The number of carbonyl (C=O) groups excluding carboxylic acids is 1. The van der Waals surface area contributed by atoms with E-state index in [1.165, 1.54) is 0 Å². The van der Waals surface area contributed by atoms with Gasteiger partial charge in [0.2, 0.25) is 0 Å². The van der Waals surface area contributed by atoms with Crippen molar-refractivity contribution in [2.45, 2.75) is 32.9 Å². The Morgan fingerprint density at radius 1 is 1.24 bits per heavy atom. The fraction of sp³-hybridized carbons (Fsp3) is 0.524. The number of rotatable bonds is 5. The summed E-state index contributed by atoms with van der Waals surface area (Å²) in [6.07, 6.45) is 1.04. The molecule has 1 aromatic carbocycles. The number of ether oxygens (including phenoxy) is 1. The van der Waals surface area contributed by atoms with E-state index in [1.54, 1.807) is 0 Å². The highest BCUT2D eigenvalue weighted by atomic mass is 35.5. The zero-order valence-electron chi connectivity index (χ0n) is 17.0. The maximum Gasteiger partial charge on any atom is 0.257 e. The normalized spacial score (nSPS) is 19.8. The van der Waals surface area contributed by atoms with Crippen LogP contribution in [0.4, 0.5) is 0 Å². The van der Waals surface area contributed by atoms with Crippen molar-refractivity contribution in [2.24, 2.45) is 0 Å². The van der Waals surface area contributed by atoms with Crippen molar-refractivity contribution in [3.05, 3.63) is 46.8 Å². The molecule has 2 aromatic rings. The summed E-state index contributed by atoms with van der Waals surface area (Å²) in [5, 5.41) is 7.35. The Kier molecular flexibility index (Phi) is 7.16. The molecule has 0 radical (unpaired) electrons. The number of piperazine rings is 1. The molecule has 8 heteroatoms. The molecule has 2 fully saturated rings. The summed E-state index contributed by atoms with van der Waals surface area (Å²) in [5.74, 6) is 1.41. The van der Waals surface area contributed by atoms with Crippen LogP contribution in [-0.4, -0.2) is 66.2 Å². The number of likely N-dealkylation sites (tertiary alicyclic amines) is 1. The van der Waals surface area contributed by atoms with Crippen molar-refractivity contribution >= 4 is 18.3 Å². The van der Waals surface area contributed by atoms with E-state index in [-0.39, 0.29) is 18.3 Å². The number of carbonyl (C=O) groups is 1. The Balaban J connectivity index is 0.00000240. The van der Waals surface area contributed by atoms with Crippen LogP contribution in [0.1, 0.15) is 33.8 Å². The summed E-state index contributed by atoms with van der Waals surface area (Å²) in [7, 11) is 0. The smallest absolute Gasteiger partial charge is 0.257 e. The zero-order valence-corrected chi connectivity index (χ0v) is 17.8. The standard InChI is InChI=1S/C21H28N4O3.ClH/c1-15-19(16(2)28-23-15)14-27-20-6-4-3-5-18(20)21(26)25-10-7-17(13-25)24-11-8-22-9-12-24;/h3-6,17,22H,7-14H2,1-2H3;1H. The number of para-hydroxylation sites is 1. The van der Waals surface area contributed by atoms with Crippen LogP contribution in [0.15, 0.2) is 28.8 Å². The maximum atomic E-state index is 13.2. The predicted octanol–water partition coefficient (Wildman–Crippen LogP) is 2.41. The van der Waals surface area contributed by atoms with E-state index in [9.17, 15) is 4.79 Å². The summed E-state index contributed by atoms with van der Waals surface area (Å²) < 4.78 is 11.2. The van der Waals surface area contributed by atoms with Gasteiger partial charge in [0.15, 0.2) is 0 Å². The highest BCUT2D eigenvalue weighted by Crippen LogP contribution is 2.25. The van der Waals surface area contributed by atoms with Crippen molar-refractivity contribution in [3.63, 3.8) is 0 Å². The Bertz CT molecular complexity index is 816. The van der Waals surface area contributed by atoms with Crippen LogP contribution < -0.4 is 10.1 Å². The molecule has 2 saturated heterocycles. The molecule has 1 unspecified atom stereocenters. The van der Waals surface area contributed by atoms with Gasteiger partial charge in [0.05, 0.1) is 16.8 Å². The van der Waals surface area contributed by atoms with Crippen LogP contribution in [0.3, 0.4) is 0 Å². The molecule has 0 saturated carbocycles. The topological polar surface area (TPSA) is 70.8 Å². The number of aromatic nitrogens is 1. The van der Waals surface area contributed by atoms with Gasteiger partial charge >= 0.3 is 0 Å². The average molecular weight is 421 g/mol. The molecular formula is C21H29ClN4O3. The third kappa shape index (κ3) is 4.74. The number of hydrogen-bond donors (Lipinski definition) is 1. The van der Waals surface area contributed by atoms with Crippen molar-refractivity contribution < 1.29 is 14.1 Å². The first-order chi connectivity index (χ1) is 13.6. The Morgan fingerprint density at radius 2 is 2.00 bits per heavy atom. The lowest BCUT2D eigenvalue weighted by atomic mass is 10.1. The number of aryl methyl sites for hydroxylation is 2. The van der Waals surface area contributed by atoms with Gasteiger partial charge in [0.1, 0.15) is 18.1 Å². The van der Waals surface area contributed by atoms with Crippen molar-refractivity contribution in [1.29, 1.82) is 0 Å². The molecular weight excluding hydrogens is 392 g/mol. The molecule has 158 valence electrons. The van der Waals surface area contributed by atoms with Gasteiger partial charge in [-0.1, -0.05) is 17.3 Å². The highest BCUT2D eigenvalue weighted by molar-refractivity contribution is 5.97. The SMILES string of the molecule is Cc1noc(C)c1COc1ccccc1C(=O)N1CCC(N2CCNCC2)C1.Cl. The Morgan fingerprint density at radius 3 is 2.72 bits per heavy atom. The molecule has 1 N–H and O–H groups in total. The first kappa shape index (κ1) is 21.6. The maximum absolute atomic E-state index is 13.2. The minimum absolute atomic E-state index is 0. The molecule has 3 heterocycles. The molecule has 2 aliphatic rings. The number of nitrogens with one attached hydrogen (secondary N) is 1. The first-order valence-electron chi connectivity index (χ1n) is 10.0. The summed E-state index contributed by atoms with van der Waals surface area (Å²) in [6.45, 7) is 9.87. The lowest BCUT2D eigenvalue weighted by Gasteiger charge is -2.32. The Hall–Kier alpha value is -2.09. The lowest BCUT2D eigenvalue weighted by molar-refractivity contribution is 0.0768. The average Bonchev–Trinajstić information content (AvgIpc) is 3.34. The third-order valence-corrected chi connectivity index (χ3v) is 5.79. The summed E-state index contributed by atoms with van der Waals surface area (Å²) in [5.41, 5.74) is 2.37. The fourth-order valence-corrected chi connectivity index (χ4v) is 4.07. The number of benzene rings is 1. The molecule has 7 nitrogen and oxygen atoms in total. The van der Waals surface area contributed by atoms with Crippen LogP contribution in [0.25, 0.3) is 0 Å². The second-order valence-electron chi connectivity index (χ2n) is 7.57. The van der Waals surface area contributed by atoms with Gasteiger partial charge < -0.3 is 19.5 Å². The van der Waals surface area contributed by atoms with Crippen LogP contribution in [0.5, 0.6) is 5.75 Å². The van der Waals surface area contributed by atoms with E-state index in [1.807, 2.05) is 43.0 Å². The van der Waals surface area contributed by atoms with E-state index in [0.717, 1.165) is 62.7 Å². The first-order valence-corrected chi connectivity index (χ1v) is 10.0. The third-order valence-electron chi connectivity index (χ3n) is 5.79. The number of hydrogen-bond acceptors (Lipinski definition) is 6. The summed E-state index contributed by atoms with van der Waals surface area (Å²) in [6, 6.07) is 7.95. The number of halogens is 1. The van der Waals surface area contributed by atoms with Gasteiger partial charge in [-0.25, -0.2) is 0 Å². The van der Waals surface area contributed by atoms with Gasteiger partial charge in [-0.3, -0.25) is 9.69 Å². The molecule has 1 atom stereocenters. The van der Waals surface area contributed by atoms with Crippen LogP contribution in [0.2, 0.25) is 0 Å². The molecule has 4 rings (SSSR count). The quantitative estimate of drug-likeness (QED) is 0.801. The molecule has 0 aliphatic carbocycles. The van der Waals surface area contributed by atoms with Crippen LogP contribution >= 0.6 is 12.4 Å². The predicted molar refractivity (Wildman–Crippen MR) is 113 cm³/mol. The molecule has 2 aliphatic heterocycles. The molecule has 29 heavy (non-hydrogen) atoms. The second kappa shape index (κ2) is 9.61. The van der Waals surface area contributed by atoms with Gasteiger partial charge in [-0.2, -0.15) is 0 Å². The molecule has 0 bridgehead atoms. The van der Waals surface area contributed by atoms with Crippen molar-refractivity contribution in [3.8, 4) is 5.75 Å². The summed E-state index contributed by atoms with van der Waals surface area (Å²) >= 11 is 0. The van der Waals surface area contributed by atoms with E-state index >= 15 is 0 Å². The van der Waals surface area contributed by atoms with Gasteiger partial charge in [-0.15, -0.1) is 12.4 Å². The minimum Gasteiger partial charge on any atom is -0.488 e. The van der Waals surface area contributed by atoms with E-state index < -0.39 is 0 Å². The zero-order chi connectivity index (χ0) is 19.5. The largest absolute Gasteiger partial charge is 0.488 e. The van der Waals surface area contributed by atoms with Crippen LogP contribution in [0, 0.1) is 13.8 Å². The minimum atomic E-state index is 0. The fourth-order valence-electron chi connectivity index (χ4n) is 4.07. The van der Waals surface area contributed by atoms with Crippen LogP contribution in [-0.2, 0) is 6.61 Å². The molecule has 0 spiro atoms. The van der Waals surface area contributed by atoms with Crippen molar-refractivity contribution in [1.82, 2.24) is 20.3 Å². The molecule has 1 amide bonds.